The maximum Gasteiger partial charge on any atom is 0.227 e. The number of nitrogens with one attached hydrogen (secondary N) is 1. The lowest BCUT2D eigenvalue weighted by Crippen LogP contribution is -2.38. The number of rotatable bonds is 26. The van der Waals surface area contributed by atoms with Crippen LogP contribution >= 0.6 is 0 Å². The first kappa shape index (κ1) is 53.6. The van der Waals surface area contributed by atoms with Crippen LogP contribution < -0.4 is 21.9 Å². The number of aromatic nitrogens is 2. The Morgan fingerprint density at radius 3 is 2.03 bits per heavy atom. The Kier molecular flexibility index (Phi) is 21.4. The molecule has 3 aromatic carbocycles. The molecule has 0 radical (unpaired) electrons. The van der Waals surface area contributed by atoms with E-state index in [1.807, 2.05) is 68.6 Å². The smallest absolute Gasteiger partial charge is 0.227 e. The number of likely N-dealkylation sites (N-methyl/N-ethyl adjacent to an activating group) is 1. The van der Waals surface area contributed by atoms with Gasteiger partial charge in [0, 0.05) is 54.9 Å². The van der Waals surface area contributed by atoms with Gasteiger partial charge in [0.05, 0.1) is 107 Å². The number of nitrogens with two attached hydrogens (primary N) is 2. The minimum Gasteiger partial charge on any atom is -0.453 e. The molecule has 5 aromatic rings. The Morgan fingerprint density at radius 1 is 0.841 bits per heavy atom. The topological polar surface area (TPSA) is 201 Å². The molecule has 0 fully saturated rings. The molecule has 370 valence electrons. The highest BCUT2D eigenvalue weighted by atomic mass is 16.6. The lowest BCUT2D eigenvalue weighted by Gasteiger charge is -2.33. The Balaban J connectivity index is 0.00000288. The number of hydrogen-bond donors (Lipinski definition) is 3. The van der Waals surface area contributed by atoms with E-state index >= 15 is 0 Å². The van der Waals surface area contributed by atoms with Gasteiger partial charge in [0.1, 0.15) is 22.9 Å². The zero-order valence-corrected chi connectivity index (χ0v) is 40.9. The molecule has 1 aliphatic heterocycles. The first-order valence-corrected chi connectivity index (χ1v) is 23.4. The highest BCUT2D eigenvalue weighted by molar-refractivity contribution is 6.00. The number of anilines is 1. The van der Waals surface area contributed by atoms with Crippen LogP contribution in [0.4, 0.5) is 5.69 Å². The van der Waals surface area contributed by atoms with E-state index in [4.69, 9.17) is 39.7 Å². The van der Waals surface area contributed by atoms with E-state index in [0.29, 0.717) is 124 Å². The summed E-state index contributed by atoms with van der Waals surface area (Å²) in [6.07, 6.45) is 4.62. The summed E-state index contributed by atoms with van der Waals surface area (Å²) < 4.78 is 34.7. The van der Waals surface area contributed by atoms with Crippen molar-refractivity contribution in [3.63, 3.8) is 0 Å². The number of ketones is 1. The summed E-state index contributed by atoms with van der Waals surface area (Å²) in [4.78, 5) is 49.3. The number of hydrogen-bond acceptors (Lipinski definition) is 14. The van der Waals surface area contributed by atoms with Gasteiger partial charge in [0.15, 0.2) is 11.0 Å². The molecule has 6 rings (SSSR count). The molecule has 0 bridgehead atoms. The zero-order valence-electron chi connectivity index (χ0n) is 40.9. The molecule has 16 nitrogen and oxygen atoms in total. The Morgan fingerprint density at radius 2 is 1.43 bits per heavy atom. The molecule has 0 aliphatic carbocycles. The second-order valence-electron chi connectivity index (χ2n) is 16.4. The largest absolute Gasteiger partial charge is 0.453 e. The number of ether oxygens (including phenoxy) is 5. The fourth-order valence-corrected chi connectivity index (χ4v) is 7.50. The van der Waals surface area contributed by atoms with Crippen LogP contribution in [0.15, 0.2) is 118 Å². The molecular weight excluding hydrogens is 879 g/mol. The van der Waals surface area contributed by atoms with Crippen molar-refractivity contribution in [2.75, 3.05) is 91.1 Å². The lowest BCUT2D eigenvalue weighted by atomic mass is 9.95. The maximum atomic E-state index is 13.3. The van der Waals surface area contributed by atoms with E-state index in [2.05, 4.69) is 41.9 Å². The number of nitrogens with zero attached hydrogens (tertiary/aromatic N) is 4. The number of imidazole rings is 1. The molecule has 16 heteroatoms. The van der Waals surface area contributed by atoms with Crippen LogP contribution in [0.1, 0.15) is 57.0 Å². The van der Waals surface area contributed by atoms with Gasteiger partial charge in [-0.2, -0.15) is 0 Å². The molecule has 0 unspecified atom stereocenters. The quantitative estimate of drug-likeness (QED) is 0.0281. The summed E-state index contributed by atoms with van der Waals surface area (Å²) in [5.74, 6) is 7.59. The minimum atomic E-state index is -0.216. The summed E-state index contributed by atoms with van der Waals surface area (Å²) in [7, 11) is 2.00. The fourth-order valence-electron chi connectivity index (χ4n) is 7.50. The number of carbonyl (C=O) groups is 2. The third-order valence-electron chi connectivity index (χ3n) is 11.0. The summed E-state index contributed by atoms with van der Waals surface area (Å²) in [5, 5.41) is 2.05. The van der Waals surface area contributed by atoms with Gasteiger partial charge in [0.25, 0.3) is 0 Å². The Hall–Kier alpha value is -6.40. The molecule has 1 amide bonds. The number of aryl methyl sites for hydroxylation is 1. The van der Waals surface area contributed by atoms with E-state index in [9.17, 15) is 14.4 Å². The lowest BCUT2D eigenvalue weighted by molar-refractivity contribution is -0.131. The van der Waals surface area contributed by atoms with Gasteiger partial charge in [-0.1, -0.05) is 63.8 Å². The molecule has 0 saturated carbocycles. The molecule has 0 spiro atoms. The molecule has 69 heavy (non-hydrogen) atoms. The number of hydrazine groups is 1. The molecule has 2 aromatic heterocycles. The van der Waals surface area contributed by atoms with E-state index in [-0.39, 0.29) is 36.5 Å². The third kappa shape index (κ3) is 15.0. The number of Topliss-reactive ketones (excluding diaryl/α,β-unsaturated/α-hetero) is 1. The minimum absolute atomic E-state index is 0.0626. The number of allylic oxidation sites excluding steroid dienone is 2. The molecule has 0 atom stereocenters. The summed E-state index contributed by atoms with van der Waals surface area (Å²) >= 11 is 0. The zero-order chi connectivity index (χ0) is 49.7. The number of amides is 1. The predicted molar refractivity (Wildman–Crippen MR) is 272 cm³/mol. The Labute approximate surface area is 405 Å². The molecule has 0 saturated heterocycles. The van der Waals surface area contributed by atoms with E-state index < -0.39 is 0 Å². The van der Waals surface area contributed by atoms with Gasteiger partial charge in [-0.3, -0.25) is 9.59 Å². The number of aromatic amines is 1. The van der Waals surface area contributed by atoms with Crippen molar-refractivity contribution in [1.82, 2.24) is 19.9 Å². The molecular formula is C53H69N7O9. The number of H-pyrrole nitrogens is 1. The third-order valence-corrected chi connectivity index (χ3v) is 11.0. The van der Waals surface area contributed by atoms with Crippen molar-refractivity contribution in [1.29, 1.82) is 0 Å². The number of fused-ring (bicyclic) bond motifs is 4. The average Bonchev–Trinajstić information content (AvgIpc) is 3.73. The summed E-state index contributed by atoms with van der Waals surface area (Å²) in [5.41, 5.74) is 14.0. The normalized spacial score (nSPS) is 14.7. The predicted octanol–water partition coefficient (Wildman–Crippen LogP) is 7.42. The van der Waals surface area contributed by atoms with Crippen LogP contribution in [-0.4, -0.2) is 118 Å². The number of benzene rings is 3. The summed E-state index contributed by atoms with van der Waals surface area (Å²) in [6.45, 7) is 21.0. The van der Waals surface area contributed by atoms with Crippen molar-refractivity contribution >= 4 is 45.1 Å². The summed E-state index contributed by atoms with van der Waals surface area (Å²) in [6, 6.07) is 20.6. The van der Waals surface area contributed by atoms with Gasteiger partial charge >= 0.3 is 0 Å². The van der Waals surface area contributed by atoms with Crippen LogP contribution in [0, 0.1) is 6.92 Å². The van der Waals surface area contributed by atoms with Gasteiger partial charge in [-0.15, -0.1) is 0 Å². The SMILES string of the molecule is C=CC1=C(\C=C)N(C(=O)CCC(C)=O)Cc2ccccc2/C(N(N)CCOCCOCCOCCOCCOCCN(C)c2ccc(-c3cc(=O)c4ccc5[nH]c(C)nc5c4o3)cc2)=C\1N.CCC. The van der Waals surface area contributed by atoms with Gasteiger partial charge in [0.2, 0.25) is 5.91 Å². The van der Waals surface area contributed by atoms with Gasteiger partial charge < -0.3 is 58.4 Å². The molecule has 3 heterocycles. The first-order valence-electron chi connectivity index (χ1n) is 23.4. The van der Waals surface area contributed by atoms with Crippen molar-refractivity contribution < 1.29 is 37.7 Å². The highest BCUT2D eigenvalue weighted by Crippen LogP contribution is 2.34. The monoisotopic (exact) mass is 948 g/mol. The second kappa shape index (κ2) is 27.6. The second-order valence-corrected chi connectivity index (χ2v) is 16.4. The fraction of sp³-hybridized carbons (Fsp3) is 0.396. The van der Waals surface area contributed by atoms with Crippen molar-refractivity contribution in [2.45, 2.75) is 53.5 Å². The average molecular weight is 948 g/mol. The number of carbonyl (C=O) groups excluding carboxylic acids is 2. The van der Waals surface area contributed by atoms with Crippen molar-refractivity contribution in [3.8, 4) is 11.3 Å². The van der Waals surface area contributed by atoms with Crippen molar-refractivity contribution in [3.05, 3.63) is 136 Å². The maximum absolute atomic E-state index is 13.3. The van der Waals surface area contributed by atoms with Gasteiger partial charge in [-0.25, -0.2) is 10.8 Å². The highest BCUT2D eigenvalue weighted by Gasteiger charge is 2.28. The van der Waals surface area contributed by atoms with E-state index in [1.54, 1.807) is 28.1 Å². The van der Waals surface area contributed by atoms with E-state index in [0.717, 1.165) is 33.7 Å². The van der Waals surface area contributed by atoms with Crippen LogP contribution in [0.5, 0.6) is 0 Å². The van der Waals surface area contributed by atoms with Crippen molar-refractivity contribution in [2.24, 2.45) is 11.6 Å². The van der Waals surface area contributed by atoms with Crippen LogP contribution in [0.2, 0.25) is 0 Å². The first-order chi connectivity index (χ1) is 33.4. The Bertz CT molecular complexity index is 2620. The van der Waals surface area contributed by atoms with E-state index in [1.165, 1.54) is 19.4 Å². The van der Waals surface area contributed by atoms with Crippen LogP contribution in [-0.2, 0) is 39.8 Å². The van der Waals surface area contributed by atoms with Crippen LogP contribution in [0.3, 0.4) is 0 Å². The molecule has 1 aliphatic rings. The van der Waals surface area contributed by atoms with Crippen LogP contribution in [0.25, 0.3) is 39.0 Å². The standard InChI is InChI=1S/C50H61N7O9.C3H8/c1-6-39-43(7-2)56(46(60)19-12-34(3)58)33-37-10-8-9-11-40(37)49(47(39)51)57(52)21-23-62-25-27-64-29-31-65-30-28-63-26-24-61-22-20-55(5)38-15-13-36(14-16-38)45-32-44(59)41-17-18-42-48(50(41)66-45)54-35(4)53-42;1-3-2/h6-11,13-18,32H,1-2,12,19-31,33,51-52H2,3-5H3,(H,53,54);3H2,1-2H3/b43-39-,49-47-;. The molecule has 5 N–H and O–H groups in total. The van der Waals surface area contributed by atoms with Gasteiger partial charge in [-0.05, 0) is 61.9 Å².